The van der Waals surface area contributed by atoms with E-state index in [2.05, 4.69) is 4.90 Å². The maximum atomic E-state index is 13.1. The predicted octanol–water partition coefficient (Wildman–Crippen LogP) is 4.03. The van der Waals surface area contributed by atoms with Crippen molar-refractivity contribution < 1.29 is 9.18 Å². The van der Waals surface area contributed by atoms with Crippen LogP contribution in [0.15, 0.2) is 60.2 Å². The van der Waals surface area contributed by atoms with Crippen LogP contribution in [0, 0.1) is 5.82 Å². The predicted molar refractivity (Wildman–Crippen MR) is 106 cm³/mol. The third-order valence-corrected chi connectivity index (χ3v) is 5.81. The summed E-state index contributed by atoms with van der Waals surface area (Å²) in [5.41, 5.74) is 2.05. The van der Waals surface area contributed by atoms with E-state index >= 15 is 0 Å². The van der Waals surface area contributed by atoms with Crippen LogP contribution in [0.1, 0.15) is 21.7 Å². The Hall–Kier alpha value is -2.44. The molecule has 0 saturated carbocycles. The highest BCUT2D eigenvalue weighted by molar-refractivity contribution is 7.12. The fourth-order valence-electron chi connectivity index (χ4n) is 3.48. The van der Waals surface area contributed by atoms with Gasteiger partial charge in [-0.3, -0.25) is 9.69 Å². The molecule has 1 aromatic carbocycles. The second kappa shape index (κ2) is 8.06. The van der Waals surface area contributed by atoms with Crippen LogP contribution in [-0.2, 0) is 6.54 Å². The summed E-state index contributed by atoms with van der Waals surface area (Å²) >= 11 is 1.50. The molecule has 0 unspecified atom stereocenters. The van der Waals surface area contributed by atoms with Crippen molar-refractivity contribution in [2.45, 2.75) is 13.0 Å². The number of benzene rings is 1. The third-order valence-electron chi connectivity index (χ3n) is 4.92. The van der Waals surface area contributed by atoms with E-state index in [9.17, 15) is 9.18 Å². The van der Waals surface area contributed by atoms with E-state index in [1.54, 1.807) is 0 Å². The fourth-order valence-corrected chi connectivity index (χ4v) is 4.34. The SMILES string of the molecule is O=C(c1sccc1-n1cccc1)N1CCCN(Cc2ccc(F)cc2)CC1. The summed E-state index contributed by atoms with van der Waals surface area (Å²) in [6.07, 6.45) is 4.87. The molecule has 0 bridgehead atoms. The molecule has 4 rings (SSSR count). The first-order valence-electron chi connectivity index (χ1n) is 9.17. The molecule has 0 radical (unpaired) electrons. The molecule has 1 amide bonds. The van der Waals surface area contributed by atoms with Crippen LogP contribution in [0.4, 0.5) is 4.39 Å². The number of rotatable bonds is 4. The summed E-state index contributed by atoms with van der Waals surface area (Å²) in [5.74, 6) is -0.0989. The van der Waals surface area contributed by atoms with Gasteiger partial charge in [0.1, 0.15) is 10.7 Å². The summed E-state index contributed by atoms with van der Waals surface area (Å²) in [4.78, 5) is 18.2. The molecule has 1 aliphatic rings. The first-order valence-corrected chi connectivity index (χ1v) is 10.1. The number of halogens is 1. The van der Waals surface area contributed by atoms with Gasteiger partial charge in [0.25, 0.3) is 5.91 Å². The van der Waals surface area contributed by atoms with Crippen molar-refractivity contribution in [3.63, 3.8) is 0 Å². The van der Waals surface area contributed by atoms with Crippen molar-refractivity contribution in [3.8, 4) is 5.69 Å². The molecule has 1 aliphatic heterocycles. The summed E-state index contributed by atoms with van der Waals surface area (Å²) in [6, 6.07) is 12.6. The third kappa shape index (κ3) is 4.12. The molecule has 6 heteroatoms. The summed E-state index contributed by atoms with van der Waals surface area (Å²) in [5, 5.41) is 1.97. The summed E-state index contributed by atoms with van der Waals surface area (Å²) < 4.78 is 15.1. The number of amides is 1. The number of nitrogens with zero attached hydrogens (tertiary/aromatic N) is 3. The molecule has 4 nitrogen and oxygen atoms in total. The number of aromatic nitrogens is 1. The first-order chi connectivity index (χ1) is 13.2. The Morgan fingerprint density at radius 3 is 2.56 bits per heavy atom. The molecule has 1 saturated heterocycles. The molecule has 1 fully saturated rings. The minimum Gasteiger partial charge on any atom is -0.337 e. The molecule has 0 N–H and O–H groups in total. The second-order valence-electron chi connectivity index (χ2n) is 6.77. The molecular weight excluding hydrogens is 361 g/mol. The molecule has 140 valence electrons. The number of carbonyl (C=O) groups excluding carboxylic acids is 1. The van der Waals surface area contributed by atoms with E-state index in [1.807, 2.05) is 57.6 Å². The number of thiophene rings is 1. The van der Waals surface area contributed by atoms with Crippen molar-refractivity contribution in [1.29, 1.82) is 0 Å². The smallest absolute Gasteiger partial charge is 0.266 e. The zero-order chi connectivity index (χ0) is 18.6. The van der Waals surface area contributed by atoms with Crippen LogP contribution < -0.4 is 0 Å². The highest BCUT2D eigenvalue weighted by Crippen LogP contribution is 2.24. The average molecular weight is 383 g/mol. The first kappa shape index (κ1) is 17.9. The second-order valence-corrected chi connectivity index (χ2v) is 7.69. The van der Waals surface area contributed by atoms with E-state index < -0.39 is 0 Å². The van der Waals surface area contributed by atoms with Crippen molar-refractivity contribution >= 4 is 17.2 Å². The lowest BCUT2D eigenvalue weighted by atomic mass is 10.2. The van der Waals surface area contributed by atoms with E-state index in [4.69, 9.17) is 0 Å². The van der Waals surface area contributed by atoms with Gasteiger partial charge in [-0.25, -0.2) is 4.39 Å². The van der Waals surface area contributed by atoms with Gasteiger partial charge in [-0.15, -0.1) is 11.3 Å². The average Bonchev–Trinajstić information content (AvgIpc) is 3.32. The zero-order valence-electron chi connectivity index (χ0n) is 15.1. The number of hydrogen-bond donors (Lipinski definition) is 0. The monoisotopic (exact) mass is 383 g/mol. The van der Waals surface area contributed by atoms with Gasteiger partial charge in [0.2, 0.25) is 0 Å². The van der Waals surface area contributed by atoms with Crippen LogP contribution in [-0.4, -0.2) is 46.5 Å². The van der Waals surface area contributed by atoms with Crippen molar-refractivity contribution in [2.75, 3.05) is 26.2 Å². The normalized spacial score (nSPS) is 15.7. The standard InChI is InChI=1S/C21H22FN3OS/c22-18-6-4-17(5-7-18)16-23-9-3-12-25(14-13-23)21(26)20-19(8-15-27-20)24-10-1-2-11-24/h1-2,4-8,10-11,15H,3,9,12-14,16H2. The highest BCUT2D eigenvalue weighted by Gasteiger charge is 2.23. The van der Waals surface area contributed by atoms with Crippen LogP contribution in [0.2, 0.25) is 0 Å². The maximum Gasteiger partial charge on any atom is 0.266 e. The molecule has 3 aromatic rings. The summed E-state index contributed by atoms with van der Waals surface area (Å²) in [7, 11) is 0. The van der Waals surface area contributed by atoms with E-state index in [1.165, 1.54) is 23.5 Å². The lowest BCUT2D eigenvalue weighted by molar-refractivity contribution is 0.0766. The Balaban J connectivity index is 1.42. The van der Waals surface area contributed by atoms with E-state index in [0.29, 0.717) is 6.54 Å². The highest BCUT2D eigenvalue weighted by atomic mass is 32.1. The van der Waals surface area contributed by atoms with Crippen molar-refractivity contribution in [3.05, 3.63) is 76.5 Å². The van der Waals surface area contributed by atoms with Gasteiger partial charge in [0.15, 0.2) is 0 Å². The quantitative estimate of drug-likeness (QED) is 0.681. The van der Waals surface area contributed by atoms with Gasteiger partial charge in [0.05, 0.1) is 5.69 Å². The molecule has 0 aliphatic carbocycles. The molecule has 27 heavy (non-hydrogen) atoms. The van der Waals surface area contributed by atoms with Gasteiger partial charge in [0, 0.05) is 45.1 Å². The van der Waals surface area contributed by atoms with Crippen LogP contribution >= 0.6 is 11.3 Å². The van der Waals surface area contributed by atoms with Crippen molar-refractivity contribution in [1.82, 2.24) is 14.4 Å². The van der Waals surface area contributed by atoms with Gasteiger partial charge in [-0.05, 0) is 47.7 Å². The Morgan fingerprint density at radius 1 is 1.00 bits per heavy atom. The van der Waals surface area contributed by atoms with Gasteiger partial charge in [-0.1, -0.05) is 12.1 Å². The largest absolute Gasteiger partial charge is 0.337 e. The van der Waals surface area contributed by atoms with Gasteiger partial charge >= 0.3 is 0 Å². The van der Waals surface area contributed by atoms with Crippen LogP contribution in [0.25, 0.3) is 5.69 Å². The number of hydrogen-bond acceptors (Lipinski definition) is 3. The zero-order valence-corrected chi connectivity index (χ0v) is 15.9. The lowest BCUT2D eigenvalue weighted by Crippen LogP contribution is -2.35. The molecule has 0 spiro atoms. The molecular formula is C21H22FN3OS. The van der Waals surface area contributed by atoms with E-state index in [-0.39, 0.29) is 11.7 Å². The Labute approximate surface area is 162 Å². The van der Waals surface area contributed by atoms with E-state index in [0.717, 1.165) is 48.7 Å². The molecule has 3 heterocycles. The maximum absolute atomic E-state index is 13.1. The Kier molecular flexibility index (Phi) is 5.36. The summed E-state index contributed by atoms with van der Waals surface area (Å²) in [6.45, 7) is 4.03. The van der Waals surface area contributed by atoms with Gasteiger partial charge < -0.3 is 9.47 Å². The molecule has 2 aromatic heterocycles. The minimum absolute atomic E-state index is 0.109. The minimum atomic E-state index is -0.208. The Morgan fingerprint density at radius 2 is 1.78 bits per heavy atom. The Bertz CT molecular complexity index is 889. The van der Waals surface area contributed by atoms with Crippen molar-refractivity contribution in [2.24, 2.45) is 0 Å². The fraction of sp³-hybridized carbons (Fsp3) is 0.286. The van der Waals surface area contributed by atoms with Crippen LogP contribution in [0.5, 0.6) is 0 Å². The molecule has 0 atom stereocenters. The van der Waals surface area contributed by atoms with Gasteiger partial charge in [-0.2, -0.15) is 0 Å². The lowest BCUT2D eigenvalue weighted by Gasteiger charge is -2.22. The topological polar surface area (TPSA) is 28.5 Å². The number of carbonyl (C=O) groups is 1. The van der Waals surface area contributed by atoms with Crippen LogP contribution in [0.3, 0.4) is 0 Å².